The van der Waals surface area contributed by atoms with Crippen LogP contribution >= 0.6 is 11.3 Å². The summed E-state index contributed by atoms with van der Waals surface area (Å²) < 4.78 is 9.36. The minimum Gasteiger partial charge on any atom is -0.456 e. The molecule has 2 heteroatoms. The van der Waals surface area contributed by atoms with Gasteiger partial charge in [-0.2, -0.15) is 0 Å². The lowest BCUT2D eigenvalue weighted by atomic mass is 9.74. The van der Waals surface area contributed by atoms with Gasteiger partial charge < -0.3 is 4.42 Å². The van der Waals surface area contributed by atoms with Gasteiger partial charge in [-0.15, -0.1) is 11.3 Å². The van der Waals surface area contributed by atoms with Gasteiger partial charge in [0.05, 0.1) is 0 Å². The fraction of sp³-hybridized carbons (Fsp3) is 0.0943. The zero-order valence-electron chi connectivity index (χ0n) is 30.6. The van der Waals surface area contributed by atoms with Crippen molar-refractivity contribution in [2.75, 3.05) is 0 Å². The minimum atomic E-state index is 0.0819. The van der Waals surface area contributed by atoms with Crippen LogP contribution in [-0.2, 0) is 5.41 Å². The molecule has 2 heterocycles. The number of para-hydroxylation sites is 1. The quantitative estimate of drug-likeness (QED) is 0.166. The molecule has 2 aliphatic rings. The summed E-state index contributed by atoms with van der Waals surface area (Å²) in [6, 6.07) is 54.3. The Balaban J connectivity index is 1.15. The molecule has 260 valence electrons. The highest BCUT2D eigenvalue weighted by atomic mass is 32.1. The number of fused-ring (bicyclic) bond motifs is 11. The number of benzene rings is 8. The van der Waals surface area contributed by atoms with Crippen LogP contribution in [0.1, 0.15) is 30.9 Å². The predicted molar refractivity (Wildman–Crippen MR) is 235 cm³/mol. The molecule has 0 amide bonds. The lowest BCUT2D eigenvalue weighted by Gasteiger charge is -2.29. The summed E-state index contributed by atoms with van der Waals surface area (Å²) in [4.78, 5) is 0. The van der Waals surface area contributed by atoms with E-state index in [4.69, 9.17) is 4.42 Å². The monoisotopic (exact) mass is 720 g/mol. The molecule has 2 atom stereocenters. The van der Waals surface area contributed by atoms with Crippen LogP contribution in [0.2, 0.25) is 0 Å². The third-order valence-corrected chi connectivity index (χ3v) is 13.9. The number of furan rings is 1. The van der Waals surface area contributed by atoms with Gasteiger partial charge in [-0.05, 0) is 114 Å². The standard InChI is InChI=1S/C53H36OS/c1-53(2)44-20-10-7-13-34(44)41-28-32(23-25-45(41)53)50-36-15-3-5-17-38(36)51(39-18-6-4-16-37(39)50)43-29-33(30-47-52(43)40-19-8-11-21-46(40)54-47)31-24-26-49-42(27-31)35-14-9-12-22-48(35)55-49/h3-30,34,44H,1-2H3. The van der Waals surface area contributed by atoms with E-state index < -0.39 is 0 Å². The summed E-state index contributed by atoms with van der Waals surface area (Å²) in [5, 5.41) is 9.94. The molecular weight excluding hydrogens is 685 g/mol. The second kappa shape index (κ2) is 11.4. The summed E-state index contributed by atoms with van der Waals surface area (Å²) >= 11 is 1.86. The number of allylic oxidation sites excluding steroid dienone is 4. The van der Waals surface area contributed by atoms with E-state index in [1.165, 1.54) is 80.7 Å². The highest BCUT2D eigenvalue weighted by Gasteiger charge is 2.44. The maximum atomic E-state index is 6.73. The third-order valence-electron chi connectivity index (χ3n) is 12.8. The number of hydrogen-bond donors (Lipinski definition) is 0. The lowest BCUT2D eigenvalue weighted by Crippen LogP contribution is -2.24. The van der Waals surface area contributed by atoms with Crippen molar-refractivity contribution < 1.29 is 4.42 Å². The Hall–Kier alpha value is -6.22. The van der Waals surface area contributed by atoms with Gasteiger partial charge >= 0.3 is 0 Å². The third kappa shape index (κ3) is 4.40. The van der Waals surface area contributed by atoms with Crippen LogP contribution in [0.25, 0.3) is 97.0 Å². The van der Waals surface area contributed by atoms with E-state index in [9.17, 15) is 0 Å². The van der Waals surface area contributed by atoms with Gasteiger partial charge in [0.2, 0.25) is 0 Å². The van der Waals surface area contributed by atoms with Crippen LogP contribution in [-0.4, -0.2) is 0 Å². The van der Waals surface area contributed by atoms with Crippen molar-refractivity contribution in [3.05, 3.63) is 181 Å². The summed E-state index contributed by atoms with van der Waals surface area (Å²) in [5.74, 6) is 0.862. The van der Waals surface area contributed by atoms with Crippen molar-refractivity contribution in [3.63, 3.8) is 0 Å². The Bertz CT molecular complexity index is 3250. The Labute approximate surface area is 323 Å². The van der Waals surface area contributed by atoms with Crippen LogP contribution in [0.3, 0.4) is 0 Å². The average Bonchev–Trinajstić information content (AvgIpc) is 3.87. The molecule has 55 heavy (non-hydrogen) atoms. The Morgan fingerprint density at radius 1 is 0.491 bits per heavy atom. The molecule has 0 N–H and O–H groups in total. The van der Waals surface area contributed by atoms with E-state index in [0.29, 0.717) is 11.8 Å². The average molecular weight is 721 g/mol. The van der Waals surface area contributed by atoms with Crippen LogP contribution in [0, 0.1) is 5.92 Å². The number of thiophene rings is 1. The summed E-state index contributed by atoms with van der Waals surface area (Å²) in [6.07, 6.45) is 9.28. The van der Waals surface area contributed by atoms with Crippen molar-refractivity contribution >= 4 is 75.0 Å². The first-order valence-electron chi connectivity index (χ1n) is 19.3. The first kappa shape index (κ1) is 31.2. The van der Waals surface area contributed by atoms with Crippen LogP contribution in [0.5, 0.6) is 0 Å². The maximum absolute atomic E-state index is 6.73. The second-order valence-electron chi connectivity index (χ2n) is 16.0. The van der Waals surface area contributed by atoms with Crippen molar-refractivity contribution in [3.8, 4) is 33.4 Å². The maximum Gasteiger partial charge on any atom is 0.136 e. The van der Waals surface area contributed by atoms with E-state index >= 15 is 0 Å². The first-order chi connectivity index (χ1) is 27.0. The van der Waals surface area contributed by atoms with E-state index in [-0.39, 0.29) is 5.41 Å². The van der Waals surface area contributed by atoms with Crippen molar-refractivity contribution in [1.82, 2.24) is 0 Å². The van der Waals surface area contributed by atoms with Gasteiger partial charge in [0.15, 0.2) is 0 Å². The molecule has 0 fully saturated rings. The van der Waals surface area contributed by atoms with E-state index in [1.54, 1.807) is 0 Å². The highest BCUT2D eigenvalue weighted by molar-refractivity contribution is 7.25. The molecule has 10 aromatic rings. The van der Waals surface area contributed by atoms with Gasteiger partial charge in [0.1, 0.15) is 11.2 Å². The molecule has 0 saturated heterocycles. The summed E-state index contributed by atoms with van der Waals surface area (Å²) in [5.41, 5.74) is 12.2. The van der Waals surface area contributed by atoms with E-state index in [1.807, 2.05) is 11.3 Å². The predicted octanol–water partition coefficient (Wildman–Crippen LogP) is 15.4. The molecule has 0 saturated carbocycles. The summed E-state index contributed by atoms with van der Waals surface area (Å²) in [7, 11) is 0. The SMILES string of the molecule is CC1(C)c2ccc(-c3c4ccccc4c(-c4cc(-c5ccc6sc7ccccc7c6c5)cc5oc6ccccc6c45)c4ccccc34)cc2C2C=CC=CC21. The van der Waals surface area contributed by atoms with E-state index in [0.717, 1.165) is 27.5 Å². The van der Waals surface area contributed by atoms with Gasteiger partial charge in [0.25, 0.3) is 0 Å². The Morgan fingerprint density at radius 3 is 1.91 bits per heavy atom. The number of hydrogen-bond acceptors (Lipinski definition) is 2. The van der Waals surface area contributed by atoms with Gasteiger partial charge in [-0.3, -0.25) is 0 Å². The van der Waals surface area contributed by atoms with Crippen LogP contribution < -0.4 is 0 Å². The number of rotatable bonds is 3. The minimum absolute atomic E-state index is 0.0819. The van der Waals surface area contributed by atoms with Crippen molar-refractivity contribution in [2.45, 2.75) is 25.2 Å². The smallest absolute Gasteiger partial charge is 0.136 e. The molecular formula is C53H36OS. The molecule has 0 bridgehead atoms. The molecule has 0 radical (unpaired) electrons. The van der Waals surface area contributed by atoms with Crippen LogP contribution in [0.15, 0.2) is 174 Å². The van der Waals surface area contributed by atoms with Gasteiger partial charge in [-0.1, -0.05) is 147 Å². The Kier molecular flexibility index (Phi) is 6.46. The van der Waals surface area contributed by atoms with E-state index in [2.05, 4.69) is 184 Å². The van der Waals surface area contributed by atoms with Crippen molar-refractivity contribution in [1.29, 1.82) is 0 Å². The van der Waals surface area contributed by atoms with Gasteiger partial charge in [-0.25, -0.2) is 0 Å². The Morgan fingerprint density at radius 2 is 1.13 bits per heavy atom. The molecule has 1 nitrogen and oxygen atoms in total. The molecule has 2 aliphatic carbocycles. The van der Waals surface area contributed by atoms with Gasteiger partial charge in [0, 0.05) is 36.9 Å². The highest BCUT2D eigenvalue weighted by Crippen LogP contribution is 2.55. The first-order valence-corrected chi connectivity index (χ1v) is 20.2. The topological polar surface area (TPSA) is 13.1 Å². The van der Waals surface area contributed by atoms with Crippen LogP contribution in [0.4, 0.5) is 0 Å². The summed E-state index contributed by atoms with van der Waals surface area (Å²) in [6.45, 7) is 4.82. The normalized spacial score (nSPS) is 17.3. The lowest BCUT2D eigenvalue weighted by molar-refractivity contribution is 0.394. The fourth-order valence-electron chi connectivity index (χ4n) is 10.2. The molecule has 2 aromatic heterocycles. The van der Waals surface area contributed by atoms with Crippen molar-refractivity contribution in [2.24, 2.45) is 5.92 Å². The largest absolute Gasteiger partial charge is 0.456 e. The zero-order chi connectivity index (χ0) is 36.4. The second-order valence-corrected chi connectivity index (χ2v) is 17.1. The molecule has 0 spiro atoms. The molecule has 8 aromatic carbocycles. The molecule has 2 unspecified atom stereocenters. The zero-order valence-corrected chi connectivity index (χ0v) is 31.5. The molecule has 12 rings (SSSR count). The molecule has 0 aliphatic heterocycles. The fourth-order valence-corrected chi connectivity index (χ4v) is 11.3.